The summed E-state index contributed by atoms with van der Waals surface area (Å²) in [6.07, 6.45) is 2.68. The van der Waals surface area contributed by atoms with Crippen LogP contribution in [0.3, 0.4) is 0 Å². The maximum absolute atomic E-state index is 12.2. The maximum Gasteiger partial charge on any atom is 0.225 e. The zero-order chi connectivity index (χ0) is 15.2. The lowest BCUT2D eigenvalue weighted by Gasteiger charge is -2.28. The Hall–Kier alpha value is -1.55. The highest BCUT2D eigenvalue weighted by molar-refractivity contribution is 5.79. The molecule has 0 aliphatic carbocycles. The minimum Gasteiger partial charge on any atom is -0.496 e. The van der Waals surface area contributed by atoms with Gasteiger partial charge >= 0.3 is 0 Å². The van der Waals surface area contributed by atoms with E-state index in [2.05, 4.69) is 18.3 Å². The molecule has 116 valence electrons. The second-order valence-corrected chi connectivity index (χ2v) is 5.68. The van der Waals surface area contributed by atoms with E-state index in [9.17, 15) is 4.79 Å². The lowest BCUT2D eigenvalue weighted by molar-refractivity contribution is -0.133. The molecule has 0 saturated carbocycles. The Bertz CT molecular complexity index is 487. The number of ether oxygens (including phenoxy) is 2. The van der Waals surface area contributed by atoms with Crippen molar-refractivity contribution in [1.29, 1.82) is 0 Å². The van der Waals surface area contributed by atoms with Gasteiger partial charge in [-0.25, -0.2) is 0 Å². The van der Waals surface area contributed by atoms with E-state index in [-0.39, 0.29) is 17.9 Å². The zero-order valence-corrected chi connectivity index (χ0v) is 13.1. The summed E-state index contributed by atoms with van der Waals surface area (Å²) in [7, 11) is 1.67. The van der Waals surface area contributed by atoms with Gasteiger partial charge < -0.3 is 14.8 Å². The van der Waals surface area contributed by atoms with Crippen LogP contribution in [0.15, 0.2) is 18.2 Å². The summed E-state index contributed by atoms with van der Waals surface area (Å²) in [5, 5.41) is 3.03. The monoisotopic (exact) mass is 291 g/mol. The molecule has 1 aliphatic heterocycles. The summed E-state index contributed by atoms with van der Waals surface area (Å²) in [6, 6.07) is 6.11. The molecule has 0 radical (unpaired) electrons. The van der Waals surface area contributed by atoms with Gasteiger partial charge in [-0.1, -0.05) is 17.7 Å². The Balaban J connectivity index is 1.86. The first-order valence-electron chi connectivity index (χ1n) is 7.64. The van der Waals surface area contributed by atoms with Gasteiger partial charge in [-0.15, -0.1) is 0 Å². The molecule has 0 aromatic heterocycles. The molecule has 1 aromatic rings. The van der Waals surface area contributed by atoms with Gasteiger partial charge in [0.1, 0.15) is 5.75 Å². The van der Waals surface area contributed by atoms with Gasteiger partial charge in [-0.2, -0.15) is 0 Å². The SMILES string of the molecule is COc1ccc(C)cc1CCNC(=O)C1CCCOC1C. The van der Waals surface area contributed by atoms with Crippen molar-refractivity contribution in [2.24, 2.45) is 5.92 Å². The lowest BCUT2D eigenvalue weighted by Crippen LogP contribution is -2.40. The highest BCUT2D eigenvalue weighted by Gasteiger charge is 2.28. The van der Waals surface area contributed by atoms with E-state index in [4.69, 9.17) is 9.47 Å². The molecule has 0 spiro atoms. The van der Waals surface area contributed by atoms with Crippen LogP contribution in [0.4, 0.5) is 0 Å². The number of hydrogen-bond acceptors (Lipinski definition) is 3. The minimum absolute atomic E-state index is 0.0156. The van der Waals surface area contributed by atoms with Gasteiger partial charge in [0.2, 0.25) is 5.91 Å². The van der Waals surface area contributed by atoms with Crippen molar-refractivity contribution < 1.29 is 14.3 Å². The van der Waals surface area contributed by atoms with E-state index in [1.807, 2.05) is 19.1 Å². The molecule has 1 aromatic carbocycles. The highest BCUT2D eigenvalue weighted by Crippen LogP contribution is 2.21. The van der Waals surface area contributed by atoms with Crippen molar-refractivity contribution in [3.05, 3.63) is 29.3 Å². The molecule has 1 fully saturated rings. The van der Waals surface area contributed by atoms with Gasteiger partial charge in [0, 0.05) is 13.2 Å². The van der Waals surface area contributed by atoms with Crippen LogP contribution in [0.25, 0.3) is 0 Å². The molecule has 1 N–H and O–H groups in total. The molecule has 4 nitrogen and oxygen atoms in total. The van der Waals surface area contributed by atoms with Crippen LogP contribution in [0, 0.1) is 12.8 Å². The highest BCUT2D eigenvalue weighted by atomic mass is 16.5. The molecule has 0 bridgehead atoms. The van der Waals surface area contributed by atoms with E-state index in [0.29, 0.717) is 6.54 Å². The fourth-order valence-electron chi connectivity index (χ4n) is 2.82. The number of benzene rings is 1. The molecule has 21 heavy (non-hydrogen) atoms. The minimum atomic E-state index is -0.0156. The Morgan fingerprint density at radius 3 is 3.00 bits per heavy atom. The number of carbonyl (C=O) groups is 1. The Morgan fingerprint density at radius 1 is 1.48 bits per heavy atom. The molecule has 4 heteroatoms. The third-order valence-corrected chi connectivity index (χ3v) is 4.07. The fourth-order valence-corrected chi connectivity index (χ4v) is 2.82. The van der Waals surface area contributed by atoms with Gasteiger partial charge in [0.25, 0.3) is 0 Å². The number of amides is 1. The molecule has 1 saturated heterocycles. The van der Waals surface area contributed by atoms with Gasteiger partial charge in [-0.05, 0) is 44.7 Å². The van der Waals surface area contributed by atoms with Crippen LogP contribution in [-0.2, 0) is 16.0 Å². The molecule has 2 unspecified atom stereocenters. The van der Waals surface area contributed by atoms with E-state index in [1.165, 1.54) is 5.56 Å². The molecule has 1 heterocycles. The molecule has 1 amide bonds. The van der Waals surface area contributed by atoms with Crippen molar-refractivity contribution in [2.75, 3.05) is 20.3 Å². The van der Waals surface area contributed by atoms with Crippen molar-refractivity contribution in [3.63, 3.8) is 0 Å². The van der Waals surface area contributed by atoms with Crippen molar-refractivity contribution in [1.82, 2.24) is 5.32 Å². The lowest BCUT2D eigenvalue weighted by atomic mass is 9.94. The van der Waals surface area contributed by atoms with E-state index >= 15 is 0 Å². The van der Waals surface area contributed by atoms with Crippen LogP contribution in [-0.4, -0.2) is 32.3 Å². The van der Waals surface area contributed by atoms with Gasteiger partial charge in [0.05, 0.1) is 19.1 Å². The molecule has 2 rings (SSSR count). The van der Waals surface area contributed by atoms with Crippen LogP contribution in [0.1, 0.15) is 30.9 Å². The predicted octanol–water partition coefficient (Wildman–Crippen LogP) is 2.48. The zero-order valence-electron chi connectivity index (χ0n) is 13.1. The first-order chi connectivity index (χ1) is 10.1. The maximum atomic E-state index is 12.2. The number of methoxy groups -OCH3 is 1. The normalized spacial score (nSPS) is 21.9. The van der Waals surface area contributed by atoms with Crippen LogP contribution >= 0.6 is 0 Å². The second-order valence-electron chi connectivity index (χ2n) is 5.68. The number of aryl methyl sites for hydroxylation is 1. The Kier molecular flexibility index (Phi) is 5.62. The van der Waals surface area contributed by atoms with Crippen molar-refractivity contribution in [3.8, 4) is 5.75 Å². The summed E-state index contributed by atoms with van der Waals surface area (Å²) in [5.41, 5.74) is 2.33. The number of carbonyl (C=O) groups excluding carboxylic acids is 1. The fraction of sp³-hybridized carbons (Fsp3) is 0.588. The molecular formula is C17H25NO3. The van der Waals surface area contributed by atoms with Gasteiger partial charge in [0.15, 0.2) is 0 Å². The smallest absolute Gasteiger partial charge is 0.225 e. The molecule has 1 aliphatic rings. The largest absolute Gasteiger partial charge is 0.496 e. The van der Waals surface area contributed by atoms with Crippen LogP contribution < -0.4 is 10.1 Å². The number of nitrogens with one attached hydrogen (secondary N) is 1. The third kappa shape index (κ3) is 4.21. The van der Waals surface area contributed by atoms with E-state index in [1.54, 1.807) is 7.11 Å². The third-order valence-electron chi connectivity index (χ3n) is 4.07. The molecule has 2 atom stereocenters. The van der Waals surface area contributed by atoms with E-state index < -0.39 is 0 Å². The summed E-state index contributed by atoms with van der Waals surface area (Å²) >= 11 is 0. The van der Waals surface area contributed by atoms with E-state index in [0.717, 1.165) is 37.2 Å². The van der Waals surface area contributed by atoms with Crippen LogP contribution in [0.2, 0.25) is 0 Å². The predicted molar refractivity (Wildman–Crippen MR) is 82.6 cm³/mol. The first kappa shape index (κ1) is 15.8. The second kappa shape index (κ2) is 7.46. The topological polar surface area (TPSA) is 47.6 Å². The van der Waals surface area contributed by atoms with Crippen molar-refractivity contribution >= 4 is 5.91 Å². The standard InChI is InChI=1S/C17H25NO3/c1-12-6-7-16(20-3)14(11-12)8-9-18-17(19)15-5-4-10-21-13(15)2/h6-7,11,13,15H,4-5,8-10H2,1-3H3,(H,18,19). The Labute approximate surface area is 126 Å². The summed E-state index contributed by atoms with van der Waals surface area (Å²) in [4.78, 5) is 12.2. The van der Waals surface area contributed by atoms with Crippen LogP contribution in [0.5, 0.6) is 5.75 Å². The average molecular weight is 291 g/mol. The number of rotatable bonds is 5. The molecular weight excluding hydrogens is 266 g/mol. The first-order valence-corrected chi connectivity index (χ1v) is 7.64. The number of hydrogen-bond donors (Lipinski definition) is 1. The quantitative estimate of drug-likeness (QED) is 0.906. The Morgan fingerprint density at radius 2 is 2.29 bits per heavy atom. The van der Waals surface area contributed by atoms with Crippen molar-refractivity contribution in [2.45, 2.75) is 39.2 Å². The summed E-state index contributed by atoms with van der Waals surface area (Å²) < 4.78 is 10.9. The van der Waals surface area contributed by atoms with Gasteiger partial charge in [-0.3, -0.25) is 4.79 Å². The summed E-state index contributed by atoms with van der Waals surface area (Å²) in [6.45, 7) is 5.43. The average Bonchev–Trinajstić information content (AvgIpc) is 2.48. The summed E-state index contributed by atoms with van der Waals surface area (Å²) in [5.74, 6) is 0.969.